The first-order chi connectivity index (χ1) is 9.63. The molecule has 0 aliphatic carbocycles. The Labute approximate surface area is 123 Å². The second kappa shape index (κ2) is 6.84. The van der Waals surface area contributed by atoms with Crippen LogP contribution in [0.4, 0.5) is 4.39 Å². The summed E-state index contributed by atoms with van der Waals surface area (Å²) in [5.74, 6) is -0.333. The van der Waals surface area contributed by atoms with Crippen LogP contribution in [0.25, 0.3) is 0 Å². The lowest BCUT2D eigenvalue weighted by atomic mass is 10.0. The minimum Gasteiger partial charge on any atom is -0.329 e. The van der Waals surface area contributed by atoms with E-state index in [2.05, 4.69) is 5.32 Å². The van der Waals surface area contributed by atoms with E-state index in [1.54, 1.807) is 12.1 Å². The lowest BCUT2D eigenvalue weighted by molar-refractivity contribution is 0.455. The van der Waals surface area contributed by atoms with Crippen LogP contribution in [0.2, 0.25) is 5.02 Å². The van der Waals surface area contributed by atoms with Crippen LogP contribution < -0.4 is 11.1 Å². The summed E-state index contributed by atoms with van der Waals surface area (Å²) in [6, 6.07) is 14.4. The van der Waals surface area contributed by atoms with E-state index in [4.69, 9.17) is 17.3 Å². The number of hydrogen-bond acceptors (Lipinski definition) is 2. The van der Waals surface area contributed by atoms with Gasteiger partial charge in [0.25, 0.3) is 0 Å². The largest absolute Gasteiger partial charge is 0.329 e. The molecule has 0 radical (unpaired) electrons. The molecule has 0 fully saturated rings. The Hall–Kier alpha value is -1.42. The second-order valence-corrected chi connectivity index (χ2v) is 5.13. The third kappa shape index (κ3) is 3.37. The fraction of sp³-hybridized carbons (Fsp3) is 0.250. The molecule has 2 nitrogen and oxygen atoms in total. The Balaban J connectivity index is 2.21. The van der Waals surface area contributed by atoms with E-state index in [1.165, 1.54) is 6.07 Å². The van der Waals surface area contributed by atoms with Crippen molar-refractivity contribution >= 4 is 11.6 Å². The van der Waals surface area contributed by atoms with Crippen molar-refractivity contribution in [1.29, 1.82) is 0 Å². The summed E-state index contributed by atoms with van der Waals surface area (Å²) in [6.07, 6.45) is 0. The Bertz CT molecular complexity index is 539. The zero-order valence-corrected chi connectivity index (χ0v) is 12.1. The molecule has 2 unspecified atom stereocenters. The first-order valence-corrected chi connectivity index (χ1v) is 6.96. The molecule has 0 amide bonds. The van der Waals surface area contributed by atoms with Gasteiger partial charge in [0, 0.05) is 29.2 Å². The molecule has 4 heteroatoms. The maximum atomic E-state index is 14.0. The summed E-state index contributed by atoms with van der Waals surface area (Å²) in [7, 11) is 0. The average Bonchev–Trinajstić information content (AvgIpc) is 2.46. The normalized spacial score (nSPS) is 14.0. The number of halogens is 2. The molecule has 2 aromatic carbocycles. The fourth-order valence-corrected chi connectivity index (χ4v) is 2.55. The van der Waals surface area contributed by atoms with Crippen LogP contribution in [-0.4, -0.2) is 6.54 Å². The summed E-state index contributed by atoms with van der Waals surface area (Å²) in [5, 5.41) is 3.73. The van der Waals surface area contributed by atoms with Crippen molar-refractivity contribution < 1.29 is 4.39 Å². The number of nitrogens with two attached hydrogens (primary N) is 1. The van der Waals surface area contributed by atoms with Gasteiger partial charge in [0.05, 0.1) is 0 Å². The van der Waals surface area contributed by atoms with Crippen molar-refractivity contribution in [3.8, 4) is 0 Å². The van der Waals surface area contributed by atoms with E-state index in [9.17, 15) is 4.39 Å². The smallest absolute Gasteiger partial charge is 0.129 e. The maximum absolute atomic E-state index is 14.0. The van der Waals surface area contributed by atoms with Gasteiger partial charge < -0.3 is 11.1 Å². The molecular formula is C16H18ClFN2. The molecule has 106 valence electrons. The van der Waals surface area contributed by atoms with Crippen molar-refractivity contribution in [3.05, 3.63) is 70.5 Å². The van der Waals surface area contributed by atoms with Crippen LogP contribution in [0, 0.1) is 5.82 Å². The van der Waals surface area contributed by atoms with Gasteiger partial charge in [-0.25, -0.2) is 4.39 Å². The lowest BCUT2D eigenvalue weighted by Crippen LogP contribution is -2.31. The summed E-state index contributed by atoms with van der Waals surface area (Å²) < 4.78 is 14.0. The monoisotopic (exact) mass is 292 g/mol. The second-order valence-electron chi connectivity index (χ2n) is 4.72. The number of hydrogen-bond donors (Lipinski definition) is 2. The minimum atomic E-state index is -0.333. The summed E-state index contributed by atoms with van der Waals surface area (Å²) >= 11 is 6.10. The van der Waals surface area contributed by atoms with E-state index in [1.807, 2.05) is 37.3 Å². The Morgan fingerprint density at radius 3 is 2.45 bits per heavy atom. The Morgan fingerprint density at radius 1 is 1.15 bits per heavy atom. The van der Waals surface area contributed by atoms with Crippen LogP contribution >= 0.6 is 11.6 Å². The van der Waals surface area contributed by atoms with E-state index < -0.39 is 0 Å². The van der Waals surface area contributed by atoms with Crippen LogP contribution in [0.1, 0.15) is 30.1 Å². The zero-order valence-electron chi connectivity index (χ0n) is 11.3. The van der Waals surface area contributed by atoms with Crippen LogP contribution in [-0.2, 0) is 0 Å². The maximum Gasteiger partial charge on any atom is 0.129 e. The predicted octanol–water partition coefficient (Wildman–Crippen LogP) is 3.83. The molecule has 0 aliphatic heterocycles. The Morgan fingerprint density at radius 2 is 1.85 bits per heavy atom. The van der Waals surface area contributed by atoms with Gasteiger partial charge in [-0.1, -0.05) is 48.0 Å². The van der Waals surface area contributed by atoms with E-state index in [0.717, 1.165) is 5.56 Å². The topological polar surface area (TPSA) is 38.0 Å². The van der Waals surface area contributed by atoms with E-state index >= 15 is 0 Å². The summed E-state index contributed by atoms with van der Waals surface area (Å²) in [6.45, 7) is 2.30. The molecule has 2 aromatic rings. The molecule has 0 aromatic heterocycles. The quantitative estimate of drug-likeness (QED) is 0.879. The van der Waals surface area contributed by atoms with Gasteiger partial charge in [-0.3, -0.25) is 0 Å². The Kier molecular flexibility index (Phi) is 5.12. The van der Waals surface area contributed by atoms with Crippen LogP contribution in [0.15, 0.2) is 48.5 Å². The third-order valence-corrected chi connectivity index (χ3v) is 3.66. The molecule has 0 saturated carbocycles. The van der Waals surface area contributed by atoms with E-state index in [-0.39, 0.29) is 24.4 Å². The molecule has 20 heavy (non-hydrogen) atoms. The van der Waals surface area contributed by atoms with Crippen LogP contribution in [0.3, 0.4) is 0 Å². The third-order valence-electron chi connectivity index (χ3n) is 3.33. The lowest BCUT2D eigenvalue weighted by Gasteiger charge is -2.24. The summed E-state index contributed by atoms with van der Waals surface area (Å²) in [4.78, 5) is 0. The highest BCUT2D eigenvalue weighted by Gasteiger charge is 2.19. The molecule has 0 aliphatic rings. The standard InChI is InChI=1S/C16H18ClFN2/c1-11(12-6-3-2-4-7-12)20-15(10-19)16-13(17)8-5-9-14(16)18/h2-9,11,15,20H,10,19H2,1H3. The molecule has 0 spiro atoms. The molecule has 3 N–H and O–H groups in total. The van der Waals surface area contributed by atoms with Crippen molar-refractivity contribution in [3.63, 3.8) is 0 Å². The number of nitrogens with one attached hydrogen (secondary N) is 1. The molecule has 0 bridgehead atoms. The van der Waals surface area contributed by atoms with Gasteiger partial charge in [0.2, 0.25) is 0 Å². The zero-order chi connectivity index (χ0) is 14.5. The highest BCUT2D eigenvalue weighted by molar-refractivity contribution is 6.31. The van der Waals surface area contributed by atoms with Gasteiger partial charge in [-0.2, -0.15) is 0 Å². The van der Waals surface area contributed by atoms with Crippen molar-refractivity contribution in [2.24, 2.45) is 5.73 Å². The average molecular weight is 293 g/mol. The van der Waals surface area contributed by atoms with Gasteiger partial charge in [-0.05, 0) is 24.6 Å². The number of rotatable bonds is 5. The minimum absolute atomic E-state index is 0.0559. The molecular weight excluding hydrogens is 275 g/mol. The summed E-state index contributed by atoms with van der Waals surface area (Å²) in [5.41, 5.74) is 7.33. The van der Waals surface area contributed by atoms with Crippen molar-refractivity contribution in [2.75, 3.05) is 6.54 Å². The molecule has 0 saturated heterocycles. The van der Waals surface area contributed by atoms with Gasteiger partial charge >= 0.3 is 0 Å². The van der Waals surface area contributed by atoms with E-state index in [0.29, 0.717) is 10.6 Å². The molecule has 2 atom stereocenters. The van der Waals surface area contributed by atoms with Crippen molar-refractivity contribution in [2.45, 2.75) is 19.0 Å². The van der Waals surface area contributed by atoms with Gasteiger partial charge in [0.15, 0.2) is 0 Å². The van der Waals surface area contributed by atoms with Gasteiger partial charge in [-0.15, -0.1) is 0 Å². The predicted molar refractivity (Wildman–Crippen MR) is 81.2 cm³/mol. The van der Waals surface area contributed by atoms with Crippen LogP contribution in [0.5, 0.6) is 0 Å². The SMILES string of the molecule is CC(NC(CN)c1c(F)cccc1Cl)c1ccccc1. The number of benzene rings is 2. The fourth-order valence-electron chi connectivity index (χ4n) is 2.25. The van der Waals surface area contributed by atoms with Gasteiger partial charge in [0.1, 0.15) is 5.82 Å². The van der Waals surface area contributed by atoms with Crippen molar-refractivity contribution in [1.82, 2.24) is 5.32 Å². The first-order valence-electron chi connectivity index (χ1n) is 6.58. The first kappa shape index (κ1) is 15.0. The highest BCUT2D eigenvalue weighted by Crippen LogP contribution is 2.27. The molecule has 0 heterocycles. The highest BCUT2D eigenvalue weighted by atomic mass is 35.5. The molecule has 2 rings (SSSR count).